The van der Waals surface area contributed by atoms with Gasteiger partial charge in [-0.2, -0.15) is 5.26 Å². The highest BCUT2D eigenvalue weighted by atomic mass is 19.1. The third kappa shape index (κ3) is 1.01. The van der Waals surface area contributed by atoms with E-state index >= 15 is 0 Å². The highest BCUT2D eigenvalue weighted by molar-refractivity contribution is 5.26. The number of allylic oxidation sites excluding steroid dienone is 4. The van der Waals surface area contributed by atoms with Crippen molar-refractivity contribution in [2.45, 2.75) is 6.17 Å². The lowest BCUT2D eigenvalue weighted by atomic mass is 9.97. The lowest BCUT2D eigenvalue weighted by molar-refractivity contribution is 0.348. The summed E-state index contributed by atoms with van der Waals surface area (Å²) in [6, 6.07) is 1.78. The Kier molecular flexibility index (Phi) is 1.72. The fourth-order valence-corrected chi connectivity index (χ4v) is 0.817. The number of nitrogens with zero attached hydrogens (tertiary/aromatic N) is 1. The molecule has 3 heteroatoms. The standard InChI is InChI=1S/C7H7FN2/c8-6-2-1-3-7(10)5(6)4-9/h1-3,5-6H,10H2. The zero-order valence-electron chi connectivity index (χ0n) is 5.29. The number of hydrogen-bond donors (Lipinski definition) is 1. The van der Waals surface area contributed by atoms with Crippen LogP contribution >= 0.6 is 0 Å². The second kappa shape index (κ2) is 2.53. The smallest absolute Gasteiger partial charge is 0.140 e. The van der Waals surface area contributed by atoms with Crippen LogP contribution in [-0.2, 0) is 0 Å². The Bertz CT molecular complexity index is 224. The van der Waals surface area contributed by atoms with E-state index in [0.29, 0.717) is 5.70 Å². The van der Waals surface area contributed by atoms with Gasteiger partial charge < -0.3 is 5.73 Å². The van der Waals surface area contributed by atoms with Crippen LogP contribution < -0.4 is 5.73 Å². The van der Waals surface area contributed by atoms with Crippen molar-refractivity contribution in [1.29, 1.82) is 5.26 Å². The van der Waals surface area contributed by atoms with Crippen LogP contribution in [-0.4, -0.2) is 6.17 Å². The zero-order chi connectivity index (χ0) is 7.56. The van der Waals surface area contributed by atoms with Gasteiger partial charge in [0.05, 0.1) is 6.07 Å². The number of hydrogen-bond acceptors (Lipinski definition) is 2. The predicted molar refractivity (Wildman–Crippen MR) is 35.4 cm³/mol. The summed E-state index contributed by atoms with van der Waals surface area (Å²) in [5.74, 6) is -0.787. The van der Waals surface area contributed by atoms with Crippen molar-refractivity contribution < 1.29 is 4.39 Å². The number of rotatable bonds is 0. The summed E-state index contributed by atoms with van der Waals surface area (Å²) in [5, 5.41) is 8.39. The molecule has 1 aliphatic carbocycles. The fourth-order valence-electron chi connectivity index (χ4n) is 0.817. The van der Waals surface area contributed by atoms with Crippen molar-refractivity contribution in [2.24, 2.45) is 11.7 Å². The van der Waals surface area contributed by atoms with Gasteiger partial charge in [-0.15, -0.1) is 0 Å². The van der Waals surface area contributed by atoms with Crippen LogP contribution in [0.15, 0.2) is 23.9 Å². The molecule has 0 bridgehead atoms. The van der Waals surface area contributed by atoms with Crippen molar-refractivity contribution in [3.8, 4) is 6.07 Å². The summed E-state index contributed by atoms with van der Waals surface area (Å²) >= 11 is 0. The van der Waals surface area contributed by atoms with E-state index in [1.165, 1.54) is 12.2 Å². The van der Waals surface area contributed by atoms with Crippen molar-refractivity contribution >= 4 is 0 Å². The summed E-state index contributed by atoms with van der Waals surface area (Å²) in [4.78, 5) is 0. The molecule has 52 valence electrons. The Balaban J connectivity index is 2.84. The SMILES string of the molecule is N#CC1C(N)=CC=CC1F. The topological polar surface area (TPSA) is 49.8 Å². The quantitative estimate of drug-likeness (QED) is 0.540. The van der Waals surface area contributed by atoms with Gasteiger partial charge >= 0.3 is 0 Å². The molecular formula is C7H7FN2. The van der Waals surface area contributed by atoms with Crippen LogP contribution in [0.5, 0.6) is 0 Å². The lowest BCUT2D eigenvalue weighted by Gasteiger charge is -2.13. The molecule has 2 N–H and O–H groups in total. The Labute approximate surface area is 58.4 Å². The van der Waals surface area contributed by atoms with Gasteiger partial charge in [-0.1, -0.05) is 6.08 Å². The first-order valence-corrected chi connectivity index (χ1v) is 2.93. The highest BCUT2D eigenvalue weighted by Crippen LogP contribution is 2.18. The van der Waals surface area contributed by atoms with Crippen molar-refractivity contribution in [1.82, 2.24) is 0 Å². The molecule has 10 heavy (non-hydrogen) atoms. The molecule has 1 aliphatic rings. The molecule has 0 aromatic carbocycles. The Morgan fingerprint density at radius 3 is 2.80 bits per heavy atom. The maximum absolute atomic E-state index is 12.7. The second-order valence-corrected chi connectivity index (χ2v) is 2.10. The molecule has 0 aromatic heterocycles. The van der Waals surface area contributed by atoms with E-state index in [1.54, 1.807) is 12.1 Å². The fraction of sp³-hybridized carbons (Fsp3) is 0.286. The number of halogens is 1. The van der Waals surface area contributed by atoms with Crippen LogP contribution in [0, 0.1) is 17.2 Å². The lowest BCUT2D eigenvalue weighted by Crippen LogP contribution is -2.21. The van der Waals surface area contributed by atoms with E-state index in [1.807, 2.05) is 0 Å². The van der Waals surface area contributed by atoms with Crippen LogP contribution in [0.3, 0.4) is 0 Å². The molecule has 2 atom stereocenters. The summed E-state index contributed by atoms with van der Waals surface area (Å²) < 4.78 is 12.7. The average molecular weight is 138 g/mol. The van der Waals surface area contributed by atoms with Crippen LogP contribution in [0.25, 0.3) is 0 Å². The first kappa shape index (κ1) is 6.81. The number of nitriles is 1. The maximum atomic E-state index is 12.7. The molecule has 1 rings (SSSR count). The van der Waals surface area contributed by atoms with Crippen molar-refractivity contribution in [3.05, 3.63) is 23.9 Å². The minimum absolute atomic E-state index is 0.303. The maximum Gasteiger partial charge on any atom is 0.140 e. The molecular weight excluding hydrogens is 131 g/mol. The highest BCUT2D eigenvalue weighted by Gasteiger charge is 2.22. The summed E-state index contributed by atoms with van der Waals surface area (Å²) in [6.07, 6.45) is 3.15. The van der Waals surface area contributed by atoms with Crippen molar-refractivity contribution in [2.75, 3.05) is 0 Å². The molecule has 0 spiro atoms. The zero-order valence-corrected chi connectivity index (χ0v) is 5.29. The first-order chi connectivity index (χ1) is 4.75. The van der Waals surface area contributed by atoms with Gasteiger partial charge in [-0.05, 0) is 12.2 Å². The van der Waals surface area contributed by atoms with Gasteiger partial charge in [0.2, 0.25) is 0 Å². The molecule has 0 aromatic rings. The molecule has 0 radical (unpaired) electrons. The third-order valence-electron chi connectivity index (χ3n) is 1.40. The molecule has 0 heterocycles. The summed E-state index contributed by atoms with van der Waals surface area (Å²) in [6.45, 7) is 0. The van der Waals surface area contributed by atoms with E-state index in [2.05, 4.69) is 0 Å². The van der Waals surface area contributed by atoms with Gasteiger partial charge in [-0.3, -0.25) is 0 Å². The van der Waals surface area contributed by atoms with Crippen LogP contribution in [0.2, 0.25) is 0 Å². The van der Waals surface area contributed by atoms with E-state index in [0.717, 1.165) is 0 Å². The van der Waals surface area contributed by atoms with Crippen LogP contribution in [0.1, 0.15) is 0 Å². The van der Waals surface area contributed by atoms with Gasteiger partial charge in [0.15, 0.2) is 0 Å². The van der Waals surface area contributed by atoms with Gasteiger partial charge in [-0.25, -0.2) is 4.39 Å². The average Bonchev–Trinajstić information content (AvgIpc) is 1.88. The van der Waals surface area contributed by atoms with E-state index < -0.39 is 12.1 Å². The largest absolute Gasteiger partial charge is 0.401 e. The summed E-state index contributed by atoms with van der Waals surface area (Å²) in [5.41, 5.74) is 5.63. The Morgan fingerprint density at radius 2 is 2.40 bits per heavy atom. The van der Waals surface area contributed by atoms with E-state index in [4.69, 9.17) is 11.0 Å². The van der Waals surface area contributed by atoms with Gasteiger partial charge in [0.25, 0.3) is 0 Å². The van der Waals surface area contributed by atoms with E-state index in [9.17, 15) is 4.39 Å². The molecule has 0 saturated carbocycles. The molecule has 2 unspecified atom stereocenters. The minimum Gasteiger partial charge on any atom is -0.401 e. The number of nitrogens with two attached hydrogens (primary N) is 1. The summed E-state index contributed by atoms with van der Waals surface area (Å²) in [7, 11) is 0. The normalized spacial score (nSPS) is 31.0. The van der Waals surface area contributed by atoms with Gasteiger partial charge in [0.1, 0.15) is 12.1 Å². The molecule has 0 aliphatic heterocycles. The Morgan fingerprint density at radius 1 is 1.70 bits per heavy atom. The molecule has 0 amide bonds. The minimum atomic E-state index is -1.24. The van der Waals surface area contributed by atoms with Crippen molar-refractivity contribution in [3.63, 3.8) is 0 Å². The van der Waals surface area contributed by atoms with E-state index in [-0.39, 0.29) is 0 Å². The monoisotopic (exact) mass is 138 g/mol. The molecule has 0 fully saturated rings. The number of alkyl halides is 1. The molecule has 2 nitrogen and oxygen atoms in total. The third-order valence-corrected chi connectivity index (χ3v) is 1.40. The second-order valence-electron chi connectivity index (χ2n) is 2.10. The first-order valence-electron chi connectivity index (χ1n) is 2.93. The van der Waals surface area contributed by atoms with Gasteiger partial charge in [0, 0.05) is 5.70 Å². The Hall–Kier alpha value is -1.30. The van der Waals surface area contributed by atoms with Crippen LogP contribution in [0.4, 0.5) is 4.39 Å². The predicted octanol–water partition coefficient (Wildman–Crippen LogP) is 0.877. The molecule has 0 saturated heterocycles.